The van der Waals surface area contributed by atoms with Crippen LogP contribution in [-0.4, -0.2) is 49.3 Å². The van der Waals surface area contributed by atoms with Gasteiger partial charge in [0, 0.05) is 6.04 Å². The van der Waals surface area contributed by atoms with Crippen molar-refractivity contribution in [3.63, 3.8) is 0 Å². The van der Waals surface area contributed by atoms with Gasteiger partial charge >= 0.3 is 5.97 Å². The molecule has 0 bridgehead atoms. The molecule has 3 N–H and O–H groups in total. The second kappa shape index (κ2) is 8.06. The minimum absolute atomic E-state index is 0.131. The lowest BCUT2D eigenvalue weighted by atomic mass is 10.2. The third-order valence-corrected chi connectivity index (χ3v) is 2.19. The molecule has 0 aliphatic rings. The minimum atomic E-state index is -1.31. The molecule has 0 aromatic rings. The molecule has 0 aliphatic heterocycles. The predicted molar refractivity (Wildman–Crippen MR) is 58.8 cm³/mol. The molecule has 1 amide bonds. The van der Waals surface area contributed by atoms with Crippen molar-refractivity contribution in [1.29, 1.82) is 0 Å². The zero-order valence-electron chi connectivity index (χ0n) is 9.95. The molecule has 0 aliphatic carbocycles. The average Bonchev–Trinajstić information content (AvgIpc) is 2.31. The van der Waals surface area contributed by atoms with E-state index in [2.05, 4.69) is 15.4 Å². The number of aliphatic hydroxyl groups is 1. The number of aliphatic hydroxyl groups excluding tert-OH is 1. The van der Waals surface area contributed by atoms with E-state index in [0.29, 0.717) is 0 Å². The fraction of sp³-hybridized carbons (Fsp3) is 0.800. The van der Waals surface area contributed by atoms with Crippen LogP contribution < -0.4 is 10.6 Å². The van der Waals surface area contributed by atoms with E-state index < -0.39 is 12.1 Å². The highest BCUT2D eigenvalue weighted by molar-refractivity contribution is 5.80. The van der Waals surface area contributed by atoms with Crippen molar-refractivity contribution in [2.24, 2.45) is 0 Å². The van der Waals surface area contributed by atoms with E-state index in [9.17, 15) is 14.7 Å². The second-order valence-electron chi connectivity index (χ2n) is 3.53. The van der Waals surface area contributed by atoms with E-state index in [1.165, 1.54) is 7.11 Å². The van der Waals surface area contributed by atoms with Gasteiger partial charge < -0.3 is 20.5 Å². The Balaban J connectivity index is 3.69. The molecule has 0 radical (unpaired) electrons. The summed E-state index contributed by atoms with van der Waals surface area (Å²) in [7, 11) is 1.18. The van der Waals surface area contributed by atoms with E-state index in [4.69, 9.17) is 0 Å². The normalized spacial score (nSPS) is 14.0. The smallest absolute Gasteiger partial charge is 0.336 e. The quantitative estimate of drug-likeness (QED) is 0.491. The van der Waals surface area contributed by atoms with Crippen molar-refractivity contribution in [3.05, 3.63) is 0 Å². The molecule has 0 aromatic carbocycles. The van der Waals surface area contributed by atoms with Gasteiger partial charge in [0.1, 0.15) is 0 Å². The summed E-state index contributed by atoms with van der Waals surface area (Å²) < 4.78 is 4.30. The van der Waals surface area contributed by atoms with Crippen molar-refractivity contribution in [3.8, 4) is 0 Å². The number of methoxy groups -OCH3 is 1. The number of carbonyl (C=O) groups is 2. The molecule has 0 fully saturated rings. The molecule has 0 heterocycles. The lowest BCUT2D eigenvalue weighted by Gasteiger charge is -2.12. The van der Waals surface area contributed by atoms with E-state index in [1.807, 2.05) is 13.8 Å². The monoisotopic (exact) mass is 232 g/mol. The van der Waals surface area contributed by atoms with Crippen LogP contribution in [0.3, 0.4) is 0 Å². The number of rotatable bonds is 7. The van der Waals surface area contributed by atoms with Crippen LogP contribution in [0.5, 0.6) is 0 Å². The fourth-order valence-electron chi connectivity index (χ4n) is 0.904. The highest BCUT2D eigenvalue weighted by atomic mass is 16.5. The lowest BCUT2D eigenvalue weighted by Crippen LogP contribution is -2.42. The summed E-state index contributed by atoms with van der Waals surface area (Å²) in [6.45, 7) is 4.02. The summed E-state index contributed by atoms with van der Waals surface area (Å²) >= 11 is 0. The van der Waals surface area contributed by atoms with Crippen LogP contribution in [0.4, 0.5) is 0 Å². The minimum Gasteiger partial charge on any atom is -0.467 e. The van der Waals surface area contributed by atoms with Gasteiger partial charge in [0.2, 0.25) is 5.91 Å². The summed E-state index contributed by atoms with van der Waals surface area (Å²) in [5, 5.41) is 14.6. The Labute approximate surface area is 95.4 Å². The van der Waals surface area contributed by atoms with E-state index in [1.54, 1.807) is 0 Å². The number of nitrogens with one attached hydrogen (secondary N) is 2. The molecule has 6 heteroatoms. The summed E-state index contributed by atoms with van der Waals surface area (Å²) in [6, 6.07) is 0.260. The second-order valence-corrected chi connectivity index (χ2v) is 3.53. The topological polar surface area (TPSA) is 87.7 Å². The van der Waals surface area contributed by atoms with Crippen LogP contribution in [0.2, 0.25) is 0 Å². The third-order valence-electron chi connectivity index (χ3n) is 2.19. The van der Waals surface area contributed by atoms with Crippen LogP contribution in [0.15, 0.2) is 0 Å². The molecule has 0 saturated heterocycles. The molecule has 2 atom stereocenters. The van der Waals surface area contributed by atoms with Gasteiger partial charge in [-0.2, -0.15) is 0 Å². The van der Waals surface area contributed by atoms with Gasteiger partial charge in [-0.1, -0.05) is 6.92 Å². The number of amides is 1. The number of esters is 1. The van der Waals surface area contributed by atoms with Crippen molar-refractivity contribution < 1.29 is 19.4 Å². The van der Waals surface area contributed by atoms with Gasteiger partial charge in [-0.15, -0.1) is 0 Å². The molecule has 0 saturated carbocycles. The van der Waals surface area contributed by atoms with Crippen LogP contribution in [0.1, 0.15) is 20.3 Å². The first kappa shape index (κ1) is 14.9. The van der Waals surface area contributed by atoms with Gasteiger partial charge in [0.05, 0.1) is 20.2 Å². The SMILES string of the molecule is CCC(C)NCC(=O)NCC(O)C(=O)OC. The lowest BCUT2D eigenvalue weighted by molar-refractivity contribution is -0.150. The maximum atomic E-state index is 11.2. The maximum absolute atomic E-state index is 11.2. The van der Waals surface area contributed by atoms with Gasteiger partial charge in [0.15, 0.2) is 6.10 Å². The Hall–Kier alpha value is -1.14. The summed E-state index contributed by atoms with van der Waals surface area (Å²) in [5.74, 6) is -1.02. The molecular formula is C10H20N2O4. The van der Waals surface area contributed by atoms with Crippen LogP contribution in [0.25, 0.3) is 0 Å². The zero-order valence-corrected chi connectivity index (χ0v) is 9.95. The number of ether oxygens (including phenoxy) is 1. The van der Waals surface area contributed by atoms with Gasteiger partial charge in [0.25, 0.3) is 0 Å². The predicted octanol–water partition coefficient (Wildman–Crippen LogP) is -0.975. The Kier molecular flexibility index (Phi) is 7.49. The Bertz CT molecular complexity index is 233. The first-order valence-electron chi connectivity index (χ1n) is 5.27. The number of carbonyl (C=O) groups excluding carboxylic acids is 2. The van der Waals surface area contributed by atoms with Crippen molar-refractivity contribution >= 4 is 11.9 Å². The van der Waals surface area contributed by atoms with Crippen LogP contribution in [-0.2, 0) is 14.3 Å². The summed E-state index contributed by atoms with van der Waals surface area (Å²) in [5.41, 5.74) is 0. The molecule has 0 rings (SSSR count). The number of hydrogen-bond donors (Lipinski definition) is 3. The fourth-order valence-corrected chi connectivity index (χ4v) is 0.904. The first-order chi connectivity index (χ1) is 7.51. The maximum Gasteiger partial charge on any atom is 0.336 e. The first-order valence-corrected chi connectivity index (χ1v) is 5.27. The Morgan fingerprint density at radius 2 is 2.06 bits per heavy atom. The Morgan fingerprint density at radius 1 is 1.44 bits per heavy atom. The molecule has 2 unspecified atom stereocenters. The van der Waals surface area contributed by atoms with Gasteiger partial charge in [-0.3, -0.25) is 4.79 Å². The molecule has 0 spiro atoms. The highest BCUT2D eigenvalue weighted by Crippen LogP contribution is 1.87. The van der Waals surface area contributed by atoms with E-state index in [-0.39, 0.29) is 25.0 Å². The van der Waals surface area contributed by atoms with Crippen molar-refractivity contribution in [1.82, 2.24) is 10.6 Å². The largest absolute Gasteiger partial charge is 0.467 e. The third kappa shape index (κ3) is 6.36. The highest BCUT2D eigenvalue weighted by Gasteiger charge is 2.15. The molecule has 6 nitrogen and oxygen atoms in total. The summed E-state index contributed by atoms with van der Waals surface area (Å²) in [6.07, 6.45) is -0.379. The average molecular weight is 232 g/mol. The zero-order chi connectivity index (χ0) is 12.6. The Morgan fingerprint density at radius 3 is 2.56 bits per heavy atom. The molecule has 0 aromatic heterocycles. The van der Waals surface area contributed by atoms with Crippen LogP contribution in [0, 0.1) is 0 Å². The van der Waals surface area contributed by atoms with E-state index in [0.717, 1.165) is 6.42 Å². The van der Waals surface area contributed by atoms with Crippen LogP contribution >= 0.6 is 0 Å². The molecular weight excluding hydrogens is 212 g/mol. The number of hydrogen-bond acceptors (Lipinski definition) is 5. The van der Waals surface area contributed by atoms with Crippen molar-refractivity contribution in [2.45, 2.75) is 32.4 Å². The van der Waals surface area contributed by atoms with Gasteiger partial charge in [-0.25, -0.2) is 4.79 Å². The summed E-state index contributed by atoms with van der Waals surface area (Å²) in [4.78, 5) is 22.0. The molecule has 94 valence electrons. The van der Waals surface area contributed by atoms with Gasteiger partial charge in [-0.05, 0) is 13.3 Å². The van der Waals surface area contributed by atoms with E-state index >= 15 is 0 Å². The molecule has 16 heavy (non-hydrogen) atoms. The van der Waals surface area contributed by atoms with Crippen molar-refractivity contribution in [2.75, 3.05) is 20.2 Å². The standard InChI is InChI=1S/C10H20N2O4/c1-4-7(2)11-6-9(14)12-5-8(13)10(15)16-3/h7-8,11,13H,4-6H2,1-3H3,(H,12,14).